The number of hydrogen-bond donors (Lipinski definition) is 5. The van der Waals surface area contributed by atoms with E-state index in [1.165, 1.54) is 29.5 Å². The van der Waals surface area contributed by atoms with Gasteiger partial charge in [-0.2, -0.15) is 0 Å². The molecular formula is C24H24N4O7S. The van der Waals surface area contributed by atoms with Crippen molar-refractivity contribution in [1.82, 2.24) is 10.3 Å². The number of amidine groups is 1. The number of fused-ring (bicyclic) bond motifs is 1. The highest BCUT2D eigenvalue weighted by molar-refractivity contribution is 7.18. The fraction of sp³-hybridized carbons (Fsp3) is 0.250. The van der Waals surface area contributed by atoms with Crippen LogP contribution in [-0.2, 0) is 20.8 Å². The molecule has 188 valence electrons. The van der Waals surface area contributed by atoms with Crippen molar-refractivity contribution in [3.8, 4) is 5.75 Å². The standard InChI is InChI=1S/C24H24N4O7S/c1-12-27-17-6-4-15(10-20(17)36-12)23(32)28-16(5-7-21(30)31)11-35-19-9-14(22(25)26)3-2-13(19)8-18(29)24(33)34/h2-4,6,9-10,16H,5,7-8,11H2,1H3,(H3,25,26)(H,28,32)(H,30,31)(H,33,34). The number of hydrogen-bond acceptors (Lipinski definition) is 8. The first kappa shape index (κ1) is 26.3. The number of carbonyl (C=O) groups excluding carboxylic acids is 2. The SMILES string of the molecule is Cc1nc2ccc(C(=O)NC(CCC(=O)O)COc3cc(C(=N)N)ccc3CC(=O)C(=O)O)cc2s1. The molecule has 0 aliphatic rings. The van der Waals surface area contributed by atoms with Gasteiger partial charge in [-0.15, -0.1) is 11.3 Å². The van der Waals surface area contributed by atoms with Gasteiger partial charge >= 0.3 is 11.9 Å². The zero-order valence-electron chi connectivity index (χ0n) is 19.2. The lowest BCUT2D eigenvalue weighted by Gasteiger charge is -2.20. The lowest BCUT2D eigenvalue weighted by molar-refractivity contribution is -0.148. The van der Waals surface area contributed by atoms with Crippen LogP contribution in [0.5, 0.6) is 5.75 Å². The molecule has 3 rings (SSSR count). The molecule has 12 heteroatoms. The van der Waals surface area contributed by atoms with E-state index in [9.17, 15) is 19.2 Å². The zero-order valence-corrected chi connectivity index (χ0v) is 20.1. The van der Waals surface area contributed by atoms with E-state index in [0.717, 1.165) is 15.2 Å². The highest BCUT2D eigenvalue weighted by Gasteiger charge is 2.20. The Balaban J connectivity index is 1.80. The molecular weight excluding hydrogens is 488 g/mol. The quantitative estimate of drug-likeness (QED) is 0.137. The zero-order chi connectivity index (χ0) is 26.4. The number of nitrogens with zero attached hydrogens (tertiary/aromatic N) is 1. The maximum Gasteiger partial charge on any atom is 0.372 e. The number of thiazole rings is 1. The van der Waals surface area contributed by atoms with E-state index < -0.39 is 36.1 Å². The maximum atomic E-state index is 12.9. The second-order valence-electron chi connectivity index (χ2n) is 7.97. The number of carboxylic acid groups (broad SMARTS) is 2. The van der Waals surface area contributed by atoms with Crippen LogP contribution in [0.15, 0.2) is 36.4 Å². The van der Waals surface area contributed by atoms with Crippen LogP contribution in [0.4, 0.5) is 0 Å². The Kier molecular flexibility index (Phi) is 8.33. The van der Waals surface area contributed by atoms with Crippen LogP contribution in [0.3, 0.4) is 0 Å². The number of nitrogen functional groups attached to an aromatic ring is 1. The van der Waals surface area contributed by atoms with Gasteiger partial charge in [-0.1, -0.05) is 12.1 Å². The second-order valence-corrected chi connectivity index (χ2v) is 9.21. The summed E-state index contributed by atoms with van der Waals surface area (Å²) in [5.41, 5.74) is 7.22. The van der Waals surface area contributed by atoms with Crippen molar-refractivity contribution in [2.24, 2.45) is 5.73 Å². The molecule has 6 N–H and O–H groups in total. The summed E-state index contributed by atoms with van der Waals surface area (Å²) < 4.78 is 6.64. The van der Waals surface area contributed by atoms with Gasteiger partial charge in [0.2, 0.25) is 5.78 Å². The first-order valence-corrected chi connectivity index (χ1v) is 11.6. The lowest BCUT2D eigenvalue weighted by Crippen LogP contribution is -2.39. The van der Waals surface area contributed by atoms with Crippen LogP contribution in [0.1, 0.15) is 39.3 Å². The van der Waals surface area contributed by atoms with E-state index in [2.05, 4.69) is 10.3 Å². The largest absolute Gasteiger partial charge is 0.491 e. The van der Waals surface area contributed by atoms with Crippen LogP contribution in [-0.4, -0.2) is 57.3 Å². The van der Waals surface area contributed by atoms with Crippen molar-refractivity contribution in [2.45, 2.75) is 32.2 Å². The summed E-state index contributed by atoms with van der Waals surface area (Å²) in [5.74, 6) is -4.30. The number of nitrogens with one attached hydrogen (secondary N) is 2. The van der Waals surface area contributed by atoms with Crippen LogP contribution >= 0.6 is 11.3 Å². The highest BCUT2D eigenvalue weighted by Crippen LogP contribution is 2.24. The number of amides is 1. The van der Waals surface area contributed by atoms with E-state index >= 15 is 0 Å². The van der Waals surface area contributed by atoms with Crippen molar-refractivity contribution in [3.05, 3.63) is 58.1 Å². The van der Waals surface area contributed by atoms with Crippen LogP contribution in [0.25, 0.3) is 10.2 Å². The molecule has 3 aromatic rings. The number of aliphatic carboxylic acids is 2. The molecule has 1 heterocycles. The van der Waals surface area contributed by atoms with Crippen molar-refractivity contribution >= 4 is 51.0 Å². The van der Waals surface area contributed by atoms with Gasteiger partial charge in [0.05, 0.1) is 21.3 Å². The number of aryl methyl sites for hydroxylation is 1. The summed E-state index contributed by atoms with van der Waals surface area (Å²) in [6.07, 6.45) is -0.638. The number of benzene rings is 2. The molecule has 1 aromatic heterocycles. The van der Waals surface area contributed by atoms with Gasteiger partial charge in [0.15, 0.2) is 0 Å². The van der Waals surface area contributed by atoms with Gasteiger partial charge in [-0.05, 0) is 37.6 Å². The predicted octanol–water partition coefficient (Wildman–Crippen LogP) is 2.13. The van der Waals surface area contributed by atoms with E-state index in [1.807, 2.05) is 6.92 Å². The number of carboxylic acids is 2. The third-order valence-corrected chi connectivity index (χ3v) is 6.14. The van der Waals surface area contributed by atoms with Gasteiger partial charge in [0, 0.05) is 29.5 Å². The van der Waals surface area contributed by atoms with Gasteiger partial charge in [0.25, 0.3) is 5.91 Å². The Hall–Kier alpha value is -4.32. The monoisotopic (exact) mass is 512 g/mol. The maximum absolute atomic E-state index is 12.9. The van der Waals surface area contributed by atoms with E-state index in [0.29, 0.717) is 5.56 Å². The Morgan fingerprint density at radius 2 is 1.86 bits per heavy atom. The minimum Gasteiger partial charge on any atom is -0.491 e. The predicted molar refractivity (Wildman–Crippen MR) is 132 cm³/mol. The summed E-state index contributed by atoms with van der Waals surface area (Å²) in [6, 6.07) is 8.62. The molecule has 1 unspecified atom stereocenters. The lowest BCUT2D eigenvalue weighted by atomic mass is 10.0. The minimum atomic E-state index is -1.60. The molecule has 0 spiro atoms. The highest BCUT2D eigenvalue weighted by atomic mass is 32.1. The average molecular weight is 513 g/mol. The first-order chi connectivity index (χ1) is 17.0. The minimum absolute atomic E-state index is 0.0543. The molecule has 2 aromatic carbocycles. The van der Waals surface area contributed by atoms with Crippen molar-refractivity contribution < 1.29 is 34.1 Å². The third-order valence-electron chi connectivity index (χ3n) is 5.21. The Morgan fingerprint density at radius 3 is 2.53 bits per heavy atom. The molecule has 36 heavy (non-hydrogen) atoms. The van der Waals surface area contributed by atoms with Gasteiger partial charge in [-0.3, -0.25) is 19.8 Å². The van der Waals surface area contributed by atoms with Crippen molar-refractivity contribution in [3.63, 3.8) is 0 Å². The van der Waals surface area contributed by atoms with E-state index in [4.69, 9.17) is 26.1 Å². The third kappa shape index (κ3) is 6.85. The van der Waals surface area contributed by atoms with Crippen LogP contribution in [0, 0.1) is 12.3 Å². The van der Waals surface area contributed by atoms with E-state index in [-0.39, 0.29) is 42.2 Å². The summed E-state index contributed by atoms with van der Waals surface area (Å²) in [6.45, 7) is 1.69. The first-order valence-electron chi connectivity index (χ1n) is 10.8. The normalized spacial score (nSPS) is 11.6. The Morgan fingerprint density at radius 1 is 1.14 bits per heavy atom. The summed E-state index contributed by atoms with van der Waals surface area (Å²) in [7, 11) is 0. The summed E-state index contributed by atoms with van der Waals surface area (Å²) in [5, 5.41) is 29.3. The number of rotatable bonds is 12. The molecule has 0 saturated heterocycles. The van der Waals surface area contributed by atoms with Crippen molar-refractivity contribution in [2.75, 3.05) is 6.61 Å². The van der Waals surface area contributed by atoms with Gasteiger partial charge in [-0.25, -0.2) is 9.78 Å². The Bertz CT molecular complexity index is 1350. The van der Waals surface area contributed by atoms with Crippen LogP contribution < -0.4 is 15.8 Å². The molecule has 1 atom stereocenters. The second kappa shape index (κ2) is 11.4. The summed E-state index contributed by atoms with van der Waals surface area (Å²) >= 11 is 1.45. The van der Waals surface area contributed by atoms with Gasteiger partial charge in [0.1, 0.15) is 18.2 Å². The fourth-order valence-corrected chi connectivity index (χ4v) is 4.25. The number of ether oxygens (including phenoxy) is 1. The molecule has 0 aliphatic carbocycles. The number of nitrogens with two attached hydrogens (primary N) is 1. The topological polar surface area (TPSA) is 193 Å². The smallest absolute Gasteiger partial charge is 0.372 e. The number of carbonyl (C=O) groups is 4. The number of ketones is 1. The fourth-order valence-electron chi connectivity index (χ4n) is 3.39. The molecule has 11 nitrogen and oxygen atoms in total. The molecule has 0 bridgehead atoms. The number of aromatic nitrogens is 1. The van der Waals surface area contributed by atoms with Gasteiger partial charge < -0.3 is 26.0 Å². The summed E-state index contributed by atoms with van der Waals surface area (Å²) in [4.78, 5) is 51.2. The molecule has 0 fully saturated rings. The molecule has 1 amide bonds. The number of Topliss-reactive ketones (excluding diaryl/α,β-unsaturated/α-hetero) is 1. The van der Waals surface area contributed by atoms with Crippen LogP contribution in [0.2, 0.25) is 0 Å². The average Bonchev–Trinajstić information content (AvgIpc) is 3.20. The van der Waals surface area contributed by atoms with E-state index in [1.54, 1.807) is 18.2 Å². The Labute approximate surface area is 209 Å². The van der Waals surface area contributed by atoms with Crippen molar-refractivity contribution in [1.29, 1.82) is 5.41 Å². The molecule has 0 saturated carbocycles. The molecule has 0 aliphatic heterocycles. The molecule has 0 radical (unpaired) electrons.